The lowest BCUT2D eigenvalue weighted by atomic mass is 9.76. The van der Waals surface area contributed by atoms with E-state index in [1.54, 1.807) is 6.07 Å². The van der Waals surface area contributed by atoms with Crippen LogP contribution in [0.3, 0.4) is 0 Å². The molecule has 1 aromatic carbocycles. The summed E-state index contributed by atoms with van der Waals surface area (Å²) in [5.74, 6) is 0.323. The van der Waals surface area contributed by atoms with E-state index in [1.807, 2.05) is 19.1 Å². The number of rotatable bonds is 6. The Balaban J connectivity index is 2.16. The molecule has 110 valence electrons. The molecule has 0 unspecified atom stereocenters. The molecule has 4 heteroatoms. The third-order valence-corrected chi connectivity index (χ3v) is 4.37. The Morgan fingerprint density at radius 2 is 2.20 bits per heavy atom. The lowest BCUT2D eigenvalue weighted by Gasteiger charge is -2.30. The molecule has 1 atom stereocenters. The Hall–Kier alpha value is -1.55. The van der Waals surface area contributed by atoms with Crippen LogP contribution in [-0.4, -0.2) is 29.3 Å². The van der Waals surface area contributed by atoms with Crippen molar-refractivity contribution in [2.75, 3.05) is 13.2 Å². The number of aliphatic hydroxyl groups is 1. The number of benzene rings is 1. The molecule has 0 heterocycles. The Bertz CT molecular complexity index is 483. The van der Waals surface area contributed by atoms with Gasteiger partial charge in [-0.15, -0.1) is 0 Å². The SMILES string of the molecule is CCC(=O)NCC[C@]1(CCO)CCc2ccc(O)cc21. The van der Waals surface area contributed by atoms with Crippen molar-refractivity contribution in [1.29, 1.82) is 0 Å². The zero-order chi connectivity index (χ0) is 14.6. The summed E-state index contributed by atoms with van der Waals surface area (Å²) < 4.78 is 0. The van der Waals surface area contributed by atoms with Crippen molar-refractivity contribution < 1.29 is 15.0 Å². The molecule has 0 fully saturated rings. The van der Waals surface area contributed by atoms with E-state index in [9.17, 15) is 15.0 Å². The summed E-state index contributed by atoms with van der Waals surface area (Å²) in [5.41, 5.74) is 2.26. The fourth-order valence-electron chi connectivity index (χ4n) is 3.21. The van der Waals surface area contributed by atoms with Crippen molar-refractivity contribution in [3.8, 4) is 5.75 Å². The van der Waals surface area contributed by atoms with Gasteiger partial charge in [0.15, 0.2) is 0 Å². The summed E-state index contributed by atoms with van der Waals surface area (Å²) in [6, 6.07) is 5.50. The van der Waals surface area contributed by atoms with Crippen LogP contribution in [0.1, 0.15) is 43.7 Å². The van der Waals surface area contributed by atoms with E-state index < -0.39 is 0 Å². The van der Waals surface area contributed by atoms with Gasteiger partial charge in [-0.3, -0.25) is 4.79 Å². The van der Waals surface area contributed by atoms with Crippen LogP contribution >= 0.6 is 0 Å². The second-order valence-electron chi connectivity index (χ2n) is 5.55. The summed E-state index contributed by atoms with van der Waals surface area (Å²) in [4.78, 5) is 11.3. The Morgan fingerprint density at radius 1 is 1.40 bits per heavy atom. The summed E-state index contributed by atoms with van der Waals surface area (Å²) in [7, 11) is 0. The van der Waals surface area contributed by atoms with Gasteiger partial charge in [0.05, 0.1) is 0 Å². The molecule has 1 aliphatic rings. The van der Waals surface area contributed by atoms with E-state index in [0.29, 0.717) is 19.4 Å². The van der Waals surface area contributed by atoms with Crippen LogP contribution in [0.15, 0.2) is 18.2 Å². The summed E-state index contributed by atoms with van der Waals surface area (Å²) in [6.45, 7) is 2.57. The highest BCUT2D eigenvalue weighted by Gasteiger charge is 2.38. The van der Waals surface area contributed by atoms with E-state index in [2.05, 4.69) is 5.32 Å². The van der Waals surface area contributed by atoms with Crippen molar-refractivity contribution in [3.05, 3.63) is 29.3 Å². The maximum absolute atomic E-state index is 11.3. The van der Waals surface area contributed by atoms with Crippen molar-refractivity contribution in [2.45, 2.75) is 44.4 Å². The number of amides is 1. The van der Waals surface area contributed by atoms with Crippen LogP contribution in [0.4, 0.5) is 0 Å². The number of phenols is 1. The Kier molecular flexibility index (Phi) is 4.65. The van der Waals surface area contributed by atoms with E-state index in [-0.39, 0.29) is 23.7 Å². The number of fused-ring (bicyclic) bond motifs is 1. The first-order chi connectivity index (χ1) is 9.61. The van der Waals surface area contributed by atoms with Gasteiger partial charge in [-0.25, -0.2) is 0 Å². The molecule has 3 N–H and O–H groups in total. The van der Waals surface area contributed by atoms with Crippen LogP contribution in [0.2, 0.25) is 0 Å². The fraction of sp³-hybridized carbons (Fsp3) is 0.562. The zero-order valence-electron chi connectivity index (χ0n) is 12.0. The first-order valence-electron chi connectivity index (χ1n) is 7.31. The van der Waals surface area contributed by atoms with Crippen molar-refractivity contribution in [1.82, 2.24) is 5.32 Å². The van der Waals surface area contributed by atoms with Gasteiger partial charge in [-0.2, -0.15) is 0 Å². The van der Waals surface area contributed by atoms with Gasteiger partial charge in [0, 0.05) is 19.6 Å². The van der Waals surface area contributed by atoms with Gasteiger partial charge in [0.2, 0.25) is 5.91 Å². The molecule has 0 saturated heterocycles. The normalized spacial score (nSPS) is 20.7. The Labute approximate surface area is 119 Å². The summed E-state index contributed by atoms with van der Waals surface area (Å²) >= 11 is 0. The molecule has 1 aliphatic carbocycles. The number of carbonyl (C=O) groups excluding carboxylic acids is 1. The van der Waals surface area contributed by atoms with E-state index in [1.165, 1.54) is 5.56 Å². The second kappa shape index (κ2) is 6.27. The van der Waals surface area contributed by atoms with E-state index in [0.717, 1.165) is 24.8 Å². The lowest BCUT2D eigenvalue weighted by molar-refractivity contribution is -0.120. The quantitative estimate of drug-likeness (QED) is 0.743. The molecular weight excluding hydrogens is 254 g/mol. The standard InChI is InChI=1S/C16H23NO3/c1-2-15(20)17-9-7-16(8-10-18)6-5-12-3-4-13(19)11-14(12)16/h3-4,11,18-19H,2,5-10H2,1H3,(H,17,20)/t16-/m0/s1. The first-order valence-corrected chi connectivity index (χ1v) is 7.31. The van der Waals surface area contributed by atoms with Crippen LogP contribution in [0, 0.1) is 0 Å². The molecule has 4 nitrogen and oxygen atoms in total. The number of aromatic hydroxyl groups is 1. The number of nitrogens with one attached hydrogen (secondary N) is 1. The van der Waals surface area contributed by atoms with Crippen LogP contribution < -0.4 is 5.32 Å². The zero-order valence-corrected chi connectivity index (χ0v) is 12.0. The predicted octanol–water partition coefficient (Wildman–Crippen LogP) is 1.87. The maximum Gasteiger partial charge on any atom is 0.219 e. The van der Waals surface area contributed by atoms with Crippen LogP contribution in [0.25, 0.3) is 0 Å². The molecule has 1 aromatic rings. The van der Waals surface area contributed by atoms with Crippen molar-refractivity contribution in [3.63, 3.8) is 0 Å². The third-order valence-electron chi connectivity index (χ3n) is 4.37. The number of aliphatic hydroxyl groups excluding tert-OH is 1. The topological polar surface area (TPSA) is 69.6 Å². The van der Waals surface area contributed by atoms with Gasteiger partial charge >= 0.3 is 0 Å². The van der Waals surface area contributed by atoms with Gasteiger partial charge in [-0.05, 0) is 54.4 Å². The fourth-order valence-corrected chi connectivity index (χ4v) is 3.21. The molecule has 0 aromatic heterocycles. The van der Waals surface area contributed by atoms with Crippen LogP contribution in [-0.2, 0) is 16.6 Å². The van der Waals surface area contributed by atoms with Crippen molar-refractivity contribution >= 4 is 5.91 Å². The minimum absolute atomic E-state index is 0.0540. The molecule has 0 radical (unpaired) electrons. The molecular formula is C16H23NO3. The van der Waals surface area contributed by atoms with Crippen molar-refractivity contribution in [2.24, 2.45) is 0 Å². The average Bonchev–Trinajstić information content (AvgIpc) is 2.78. The van der Waals surface area contributed by atoms with Gasteiger partial charge in [0.25, 0.3) is 0 Å². The second-order valence-corrected chi connectivity index (χ2v) is 5.55. The largest absolute Gasteiger partial charge is 0.508 e. The van der Waals surface area contributed by atoms with E-state index in [4.69, 9.17) is 0 Å². The monoisotopic (exact) mass is 277 g/mol. The number of phenolic OH excluding ortho intramolecular Hbond substituents is 1. The first kappa shape index (κ1) is 14.9. The van der Waals surface area contributed by atoms with Crippen LogP contribution in [0.5, 0.6) is 5.75 Å². The highest BCUT2D eigenvalue weighted by molar-refractivity contribution is 5.75. The number of hydrogen-bond donors (Lipinski definition) is 3. The molecule has 2 rings (SSSR count). The molecule has 0 aliphatic heterocycles. The molecule has 20 heavy (non-hydrogen) atoms. The van der Waals surface area contributed by atoms with E-state index >= 15 is 0 Å². The highest BCUT2D eigenvalue weighted by atomic mass is 16.3. The smallest absolute Gasteiger partial charge is 0.219 e. The third kappa shape index (κ3) is 2.96. The minimum Gasteiger partial charge on any atom is -0.508 e. The summed E-state index contributed by atoms with van der Waals surface area (Å²) in [5, 5.41) is 22.0. The molecule has 0 bridgehead atoms. The lowest BCUT2D eigenvalue weighted by Crippen LogP contribution is -2.32. The maximum atomic E-state index is 11.3. The number of hydrogen-bond acceptors (Lipinski definition) is 3. The molecule has 0 spiro atoms. The number of aryl methyl sites for hydroxylation is 1. The Morgan fingerprint density at radius 3 is 2.90 bits per heavy atom. The van der Waals surface area contributed by atoms with Gasteiger partial charge < -0.3 is 15.5 Å². The predicted molar refractivity (Wildman–Crippen MR) is 77.7 cm³/mol. The van der Waals surface area contributed by atoms with Gasteiger partial charge in [0.1, 0.15) is 5.75 Å². The highest BCUT2D eigenvalue weighted by Crippen LogP contribution is 2.45. The molecule has 0 saturated carbocycles. The minimum atomic E-state index is -0.121. The average molecular weight is 277 g/mol. The molecule has 1 amide bonds. The number of carbonyl (C=O) groups is 1. The van der Waals surface area contributed by atoms with Gasteiger partial charge in [-0.1, -0.05) is 13.0 Å². The summed E-state index contributed by atoms with van der Waals surface area (Å²) in [6.07, 6.45) is 3.90.